The Balaban J connectivity index is 1.70. The maximum absolute atomic E-state index is 12.6. The molecule has 5 nitrogen and oxygen atoms in total. The van der Waals surface area contributed by atoms with Crippen LogP contribution >= 0.6 is 11.8 Å². The molecule has 3 atom stereocenters. The molecule has 0 saturated heterocycles. The molecule has 134 valence electrons. The second-order valence-electron chi connectivity index (χ2n) is 7.37. The molecule has 6 heteroatoms. The highest BCUT2D eigenvalue weighted by Gasteiger charge is 2.30. The van der Waals surface area contributed by atoms with Gasteiger partial charge in [-0.2, -0.15) is 5.26 Å². The Bertz CT molecular complexity index is 695. The number of amides is 1. The summed E-state index contributed by atoms with van der Waals surface area (Å²) in [5, 5.41) is 13.0. The van der Waals surface area contributed by atoms with Gasteiger partial charge in [-0.25, -0.2) is 9.97 Å². The molecule has 2 fully saturated rings. The summed E-state index contributed by atoms with van der Waals surface area (Å²) < 4.78 is 0. The Kier molecular flexibility index (Phi) is 5.63. The third kappa shape index (κ3) is 4.33. The van der Waals surface area contributed by atoms with Crippen molar-refractivity contribution >= 4 is 17.7 Å². The molecule has 0 unspecified atom stereocenters. The summed E-state index contributed by atoms with van der Waals surface area (Å²) in [5.41, 5.74) is 1.22. The summed E-state index contributed by atoms with van der Waals surface area (Å²) in [6.07, 6.45) is 6.92. The summed E-state index contributed by atoms with van der Waals surface area (Å²) in [6.45, 7) is 5.96. The molecule has 2 saturated carbocycles. The zero-order chi connectivity index (χ0) is 18.0. The van der Waals surface area contributed by atoms with Gasteiger partial charge in [-0.3, -0.25) is 4.79 Å². The van der Waals surface area contributed by atoms with E-state index in [1.165, 1.54) is 31.0 Å². The minimum atomic E-state index is -0.275. The first-order chi connectivity index (χ1) is 12.0. The molecular formula is C19H26N4OS. The van der Waals surface area contributed by atoms with Gasteiger partial charge in [0.05, 0.1) is 10.9 Å². The fourth-order valence-electron chi connectivity index (χ4n) is 3.36. The lowest BCUT2D eigenvalue weighted by Gasteiger charge is -2.30. The van der Waals surface area contributed by atoms with E-state index in [9.17, 15) is 10.1 Å². The number of thioether (sulfide) groups is 1. The van der Waals surface area contributed by atoms with Gasteiger partial charge < -0.3 is 5.32 Å². The first-order valence-corrected chi connectivity index (χ1v) is 10.1. The van der Waals surface area contributed by atoms with E-state index in [4.69, 9.17) is 0 Å². The van der Waals surface area contributed by atoms with E-state index in [1.807, 2.05) is 13.8 Å². The Morgan fingerprint density at radius 1 is 1.28 bits per heavy atom. The first kappa shape index (κ1) is 18.2. The predicted octanol–water partition coefficient (Wildman–Crippen LogP) is 3.71. The van der Waals surface area contributed by atoms with E-state index in [0.29, 0.717) is 22.4 Å². The van der Waals surface area contributed by atoms with Crippen molar-refractivity contribution in [2.45, 2.75) is 81.5 Å². The summed E-state index contributed by atoms with van der Waals surface area (Å²) in [4.78, 5) is 21.7. The van der Waals surface area contributed by atoms with Crippen molar-refractivity contribution < 1.29 is 4.79 Å². The van der Waals surface area contributed by atoms with Gasteiger partial charge in [0.2, 0.25) is 5.91 Å². The highest BCUT2D eigenvalue weighted by atomic mass is 32.2. The van der Waals surface area contributed by atoms with Crippen LogP contribution in [0.15, 0.2) is 5.03 Å². The quantitative estimate of drug-likeness (QED) is 0.641. The second kappa shape index (κ2) is 7.74. The van der Waals surface area contributed by atoms with Crippen molar-refractivity contribution in [2.75, 3.05) is 0 Å². The van der Waals surface area contributed by atoms with Crippen LogP contribution in [0.5, 0.6) is 0 Å². The zero-order valence-electron chi connectivity index (χ0n) is 15.2. The highest BCUT2D eigenvalue weighted by molar-refractivity contribution is 8.00. The van der Waals surface area contributed by atoms with Crippen LogP contribution in [0.1, 0.15) is 75.4 Å². The number of aryl methyl sites for hydroxylation is 1. The number of carbonyl (C=O) groups excluding carboxylic acids is 1. The van der Waals surface area contributed by atoms with E-state index in [2.05, 4.69) is 28.3 Å². The maximum atomic E-state index is 12.6. The SMILES string of the molecule is Cc1nc(C2CC2)nc(S[C@H](C)C(=O)N[C@@H]2CCCC[C@@H]2C)c1C#N. The summed E-state index contributed by atoms with van der Waals surface area (Å²) in [7, 11) is 0. The van der Waals surface area contributed by atoms with Crippen LogP contribution in [-0.4, -0.2) is 27.2 Å². The fraction of sp³-hybridized carbons (Fsp3) is 0.684. The Labute approximate surface area is 154 Å². The fourth-order valence-corrected chi connectivity index (χ4v) is 4.32. The number of aromatic nitrogens is 2. The standard InChI is InChI=1S/C19H26N4OS/c1-11-6-4-5-7-16(11)22-18(24)13(3)25-19-15(10-20)12(2)21-17(23-19)14-8-9-14/h11,13-14,16H,4-9H2,1-3H3,(H,22,24)/t11-,13+,16+/m0/s1. The van der Waals surface area contributed by atoms with Gasteiger partial charge in [0.1, 0.15) is 22.5 Å². The third-order valence-corrected chi connectivity index (χ3v) is 6.31. The van der Waals surface area contributed by atoms with Crippen LogP contribution < -0.4 is 5.32 Å². The van der Waals surface area contributed by atoms with Gasteiger partial charge in [-0.05, 0) is 45.4 Å². The number of hydrogen-bond donors (Lipinski definition) is 1. The lowest BCUT2D eigenvalue weighted by Crippen LogP contribution is -2.44. The number of carbonyl (C=O) groups is 1. The zero-order valence-corrected chi connectivity index (χ0v) is 16.0. The molecule has 1 aromatic rings. The van der Waals surface area contributed by atoms with Crippen LogP contribution in [0.2, 0.25) is 0 Å². The van der Waals surface area contributed by atoms with E-state index < -0.39 is 0 Å². The molecule has 2 aliphatic carbocycles. The number of nitrogens with one attached hydrogen (secondary N) is 1. The molecule has 0 bridgehead atoms. The summed E-state index contributed by atoms with van der Waals surface area (Å²) in [6, 6.07) is 2.48. The second-order valence-corrected chi connectivity index (χ2v) is 8.70. The number of nitriles is 1. The molecule has 1 heterocycles. The Morgan fingerprint density at radius 3 is 2.64 bits per heavy atom. The Hall–Kier alpha value is -1.61. The van der Waals surface area contributed by atoms with Crippen molar-refractivity contribution in [1.82, 2.24) is 15.3 Å². The number of nitrogens with zero attached hydrogens (tertiary/aromatic N) is 3. The van der Waals surface area contributed by atoms with Gasteiger partial charge in [0.25, 0.3) is 0 Å². The van der Waals surface area contributed by atoms with E-state index >= 15 is 0 Å². The molecule has 25 heavy (non-hydrogen) atoms. The summed E-state index contributed by atoms with van der Waals surface area (Å²) in [5.74, 6) is 1.83. The van der Waals surface area contributed by atoms with Crippen LogP contribution in [0, 0.1) is 24.2 Å². The molecule has 2 aliphatic rings. The van der Waals surface area contributed by atoms with Crippen molar-refractivity contribution in [1.29, 1.82) is 5.26 Å². The molecule has 0 spiro atoms. The van der Waals surface area contributed by atoms with Crippen molar-refractivity contribution in [3.8, 4) is 6.07 Å². The lowest BCUT2D eigenvalue weighted by molar-refractivity contribution is -0.121. The topological polar surface area (TPSA) is 78.7 Å². The molecule has 1 N–H and O–H groups in total. The molecule has 0 aliphatic heterocycles. The minimum Gasteiger partial charge on any atom is -0.352 e. The van der Waals surface area contributed by atoms with Crippen LogP contribution in [-0.2, 0) is 4.79 Å². The first-order valence-electron chi connectivity index (χ1n) is 9.25. The predicted molar refractivity (Wildman–Crippen MR) is 98.3 cm³/mol. The average Bonchev–Trinajstić information content (AvgIpc) is 3.41. The maximum Gasteiger partial charge on any atom is 0.233 e. The van der Waals surface area contributed by atoms with Gasteiger partial charge >= 0.3 is 0 Å². The average molecular weight is 359 g/mol. The van der Waals surface area contributed by atoms with Crippen molar-refractivity contribution in [3.05, 3.63) is 17.1 Å². The third-order valence-electron chi connectivity index (χ3n) is 5.23. The highest BCUT2D eigenvalue weighted by Crippen LogP contribution is 2.39. The van der Waals surface area contributed by atoms with E-state index in [1.54, 1.807) is 0 Å². The lowest BCUT2D eigenvalue weighted by atomic mass is 9.86. The molecule has 0 aromatic carbocycles. The molecule has 0 radical (unpaired) electrons. The van der Waals surface area contributed by atoms with E-state index in [-0.39, 0.29) is 17.2 Å². The van der Waals surface area contributed by atoms with Crippen LogP contribution in [0.3, 0.4) is 0 Å². The minimum absolute atomic E-state index is 0.0388. The Morgan fingerprint density at radius 2 is 2.00 bits per heavy atom. The molecule has 3 rings (SSSR count). The normalized spacial score (nSPS) is 24.4. The smallest absolute Gasteiger partial charge is 0.233 e. The number of rotatable bonds is 5. The summed E-state index contributed by atoms with van der Waals surface area (Å²) >= 11 is 1.38. The van der Waals surface area contributed by atoms with Crippen molar-refractivity contribution in [2.24, 2.45) is 5.92 Å². The largest absolute Gasteiger partial charge is 0.352 e. The number of hydrogen-bond acceptors (Lipinski definition) is 5. The molecular weight excluding hydrogens is 332 g/mol. The van der Waals surface area contributed by atoms with Crippen molar-refractivity contribution in [3.63, 3.8) is 0 Å². The van der Waals surface area contributed by atoms with Gasteiger partial charge in [-0.1, -0.05) is 31.5 Å². The van der Waals surface area contributed by atoms with E-state index in [0.717, 1.165) is 30.8 Å². The van der Waals surface area contributed by atoms with Crippen LogP contribution in [0.4, 0.5) is 0 Å². The van der Waals surface area contributed by atoms with Gasteiger partial charge in [-0.15, -0.1) is 0 Å². The monoisotopic (exact) mass is 358 g/mol. The molecule has 1 amide bonds. The molecule has 1 aromatic heterocycles. The van der Waals surface area contributed by atoms with Gasteiger partial charge in [0, 0.05) is 12.0 Å². The van der Waals surface area contributed by atoms with Gasteiger partial charge in [0.15, 0.2) is 0 Å². The van der Waals surface area contributed by atoms with Crippen LogP contribution in [0.25, 0.3) is 0 Å².